The van der Waals surface area contributed by atoms with Crippen LogP contribution in [0.25, 0.3) is 0 Å². The number of hydrogen-bond acceptors (Lipinski definition) is 2. The molecule has 0 bridgehead atoms. The quantitative estimate of drug-likeness (QED) is 0.620. The molecule has 0 aromatic carbocycles. The van der Waals surface area contributed by atoms with Crippen LogP contribution < -0.4 is 0 Å². The van der Waals surface area contributed by atoms with E-state index < -0.39 is 0 Å². The second-order valence-corrected chi connectivity index (χ2v) is 3.86. The van der Waals surface area contributed by atoms with E-state index in [-0.39, 0.29) is 0 Å². The zero-order valence-corrected chi connectivity index (χ0v) is 7.35. The number of ether oxygens (including phenoxy) is 1. The highest BCUT2D eigenvalue weighted by atomic mass is 16.5. The van der Waals surface area contributed by atoms with Crippen molar-refractivity contribution in [2.24, 2.45) is 5.41 Å². The Morgan fingerprint density at radius 2 is 2.18 bits per heavy atom. The predicted octanol–water partition coefficient (Wildman–Crippen LogP) is 1.78. The minimum atomic E-state index is 0.300. The van der Waals surface area contributed by atoms with Crippen LogP contribution in [0.5, 0.6) is 0 Å². The van der Waals surface area contributed by atoms with Gasteiger partial charge in [0.25, 0.3) is 0 Å². The van der Waals surface area contributed by atoms with Gasteiger partial charge in [-0.2, -0.15) is 0 Å². The van der Waals surface area contributed by atoms with Gasteiger partial charge in [-0.25, -0.2) is 0 Å². The maximum Gasteiger partial charge on any atom is 0.129 e. The smallest absolute Gasteiger partial charge is 0.129 e. The Bertz CT molecular complexity index is 148. The van der Waals surface area contributed by atoms with Crippen molar-refractivity contribution in [3.63, 3.8) is 0 Å². The summed E-state index contributed by atoms with van der Waals surface area (Å²) in [6.45, 7) is 5.63. The lowest BCUT2D eigenvalue weighted by atomic mass is 9.83. The van der Waals surface area contributed by atoms with Crippen molar-refractivity contribution in [2.45, 2.75) is 33.1 Å². The second kappa shape index (κ2) is 3.35. The van der Waals surface area contributed by atoms with Crippen LogP contribution in [0.1, 0.15) is 33.1 Å². The molecule has 2 heteroatoms. The van der Waals surface area contributed by atoms with E-state index >= 15 is 0 Å². The van der Waals surface area contributed by atoms with E-state index in [1.165, 1.54) is 0 Å². The SMILES string of the molecule is CC(=O)CCCC1(C)COC1. The first kappa shape index (κ1) is 8.72. The normalized spacial score (nSPS) is 20.9. The Morgan fingerprint density at radius 3 is 2.55 bits per heavy atom. The van der Waals surface area contributed by atoms with E-state index in [4.69, 9.17) is 4.74 Å². The summed E-state index contributed by atoms with van der Waals surface area (Å²) in [5.41, 5.74) is 0.384. The first-order valence-corrected chi connectivity index (χ1v) is 4.20. The van der Waals surface area contributed by atoms with Gasteiger partial charge in [0.15, 0.2) is 0 Å². The standard InChI is InChI=1S/C9H16O2/c1-8(10)4-3-5-9(2)6-11-7-9/h3-7H2,1-2H3. The van der Waals surface area contributed by atoms with E-state index in [0.29, 0.717) is 11.2 Å². The molecule has 0 atom stereocenters. The summed E-state index contributed by atoms with van der Waals surface area (Å²) in [7, 11) is 0. The van der Waals surface area contributed by atoms with E-state index in [1.54, 1.807) is 6.92 Å². The van der Waals surface area contributed by atoms with Crippen LogP contribution in [-0.2, 0) is 9.53 Å². The summed E-state index contributed by atoms with van der Waals surface area (Å²) >= 11 is 0. The number of Topliss-reactive ketones (excluding diaryl/α,β-unsaturated/α-hetero) is 1. The lowest BCUT2D eigenvalue weighted by Crippen LogP contribution is -2.39. The highest BCUT2D eigenvalue weighted by molar-refractivity contribution is 5.75. The molecule has 64 valence electrons. The molecule has 11 heavy (non-hydrogen) atoms. The number of carbonyl (C=O) groups is 1. The van der Waals surface area contributed by atoms with E-state index in [1.807, 2.05) is 0 Å². The number of hydrogen-bond donors (Lipinski definition) is 0. The molecule has 2 nitrogen and oxygen atoms in total. The van der Waals surface area contributed by atoms with Crippen LogP contribution in [0.2, 0.25) is 0 Å². The van der Waals surface area contributed by atoms with Gasteiger partial charge in [-0.05, 0) is 19.8 Å². The van der Waals surface area contributed by atoms with Crippen LogP contribution in [0, 0.1) is 5.41 Å². The van der Waals surface area contributed by atoms with Crippen LogP contribution in [0.15, 0.2) is 0 Å². The first-order chi connectivity index (χ1) is 5.12. The Morgan fingerprint density at radius 1 is 1.55 bits per heavy atom. The average Bonchev–Trinajstić information content (AvgIpc) is 1.83. The highest BCUT2D eigenvalue weighted by Crippen LogP contribution is 2.32. The molecule has 1 aliphatic rings. The molecule has 0 amide bonds. The third-order valence-electron chi connectivity index (χ3n) is 2.21. The molecule has 0 radical (unpaired) electrons. The Hall–Kier alpha value is -0.370. The topological polar surface area (TPSA) is 26.3 Å². The molecule has 1 aliphatic heterocycles. The Balaban J connectivity index is 2.07. The summed E-state index contributed by atoms with van der Waals surface area (Å²) < 4.78 is 5.11. The molecule has 1 saturated heterocycles. The molecule has 0 aliphatic carbocycles. The maximum atomic E-state index is 10.6. The zero-order chi connectivity index (χ0) is 8.32. The minimum absolute atomic E-state index is 0.300. The lowest BCUT2D eigenvalue weighted by Gasteiger charge is -2.38. The molecule has 0 aromatic heterocycles. The number of rotatable bonds is 4. The summed E-state index contributed by atoms with van der Waals surface area (Å²) in [5, 5.41) is 0. The van der Waals surface area contributed by atoms with Crippen molar-refractivity contribution >= 4 is 5.78 Å². The fourth-order valence-electron chi connectivity index (χ4n) is 1.36. The molecule has 1 heterocycles. The summed E-state index contributed by atoms with van der Waals surface area (Å²) in [4.78, 5) is 10.6. The molecular formula is C9H16O2. The monoisotopic (exact) mass is 156 g/mol. The van der Waals surface area contributed by atoms with Crippen molar-refractivity contribution < 1.29 is 9.53 Å². The van der Waals surface area contributed by atoms with Crippen LogP contribution in [0.3, 0.4) is 0 Å². The fraction of sp³-hybridized carbons (Fsp3) is 0.889. The zero-order valence-electron chi connectivity index (χ0n) is 7.35. The van der Waals surface area contributed by atoms with Crippen molar-refractivity contribution in [1.82, 2.24) is 0 Å². The van der Waals surface area contributed by atoms with Crippen molar-refractivity contribution in [3.05, 3.63) is 0 Å². The number of ketones is 1. The third kappa shape index (κ3) is 2.62. The van der Waals surface area contributed by atoms with Crippen molar-refractivity contribution in [2.75, 3.05) is 13.2 Å². The van der Waals surface area contributed by atoms with Gasteiger partial charge in [-0.15, -0.1) is 0 Å². The molecule has 0 aromatic rings. The molecule has 0 unspecified atom stereocenters. The van der Waals surface area contributed by atoms with Crippen molar-refractivity contribution in [1.29, 1.82) is 0 Å². The van der Waals surface area contributed by atoms with Crippen LogP contribution in [-0.4, -0.2) is 19.0 Å². The van der Waals surface area contributed by atoms with Gasteiger partial charge in [0, 0.05) is 11.8 Å². The maximum absolute atomic E-state index is 10.6. The predicted molar refractivity (Wildman–Crippen MR) is 43.5 cm³/mol. The summed E-state index contributed by atoms with van der Waals surface area (Å²) in [6, 6.07) is 0. The van der Waals surface area contributed by atoms with Crippen LogP contribution in [0.4, 0.5) is 0 Å². The fourth-order valence-corrected chi connectivity index (χ4v) is 1.36. The molecule has 1 rings (SSSR count). The molecule has 0 saturated carbocycles. The van der Waals surface area contributed by atoms with E-state index in [2.05, 4.69) is 6.92 Å². The largest absolute Gasteiger partial charge is 0.380 e. The van der Waals surface area contributed by atoms with E-state index in [0.717, 1.165) is 32.5 Å². The summed E-state index contributed by atoms with van der Waals surface area (Å²) in [5.74, 6) is 0.300. The molecule has 0 spiro atoms. The van der Waals surface area contributed by atoms with Gasteiger partial charge in [-0.3, -0.25) is 0 Å². The number of carbonyl (C=O) groups excluding carboxylic acids is 1. The average molecular weight is 156 g/mol. The lowest BCUT2D eigenvalue weighted by molar-refractivity contribution is -0.119. The van der Waals surface area contributed by atoms with Gasteiger partial charge < -0.3 is 9.53 Å². The van der Waals surface area contributed by atoms with Gasteiger partial charge in [0.2, 0.25) is 0 Å². The van der Waals surface area contributed by atoms with Gasteiger partial charge in [-0.1, -0.05) is 6.92 Å². The minimum Gasteiger partial charge on any atom is -0.380 e. The summed E-state index contributed by atoms with van der Waals surface area (Å²) in [6.07, 6.45) is 2.89. The second-order valence-electron chi connectivity index (χ2n) is 3.86. The molecule has 1 fully saturated rings. The van der Waals surface area contributed by atoms with E-state index in [9.17, 15) is 4.79 Å². The van der Waals surface area contributed by atoms with Gasteiger partial charge in [0.1, 0.15) is 5.78 Å². The van der Waals surface area contributed by atoms with Crippen LogP contribution >= 0.6 is 0 Å². The highest BCUT2D eigenvalue weighted by Gasteiger charge is 2.32. The third-order valence-corrected chi connectivity index (χ3v) is 2.21. The molecular weight excluding hydrogens is 140 g/mol. The van der Waals surface area contributed by atoms with Gasteiger partial charge in [0.05, 0.1) is 13.2 Å². The van der Waals surface area contributed by atoms with Gasteiger partial charge >= 0.3 is 0 Å². The van der Waals surface area contributed by atoms with Crippen molar-refractivity contribution in [3.8, 4) is 0 Å². The Kier molecular flexibility index (Phi) is 2.66. The Labute approximate surface area is 67.9 Å². The molecule has 0 N–H and O–H groups in total. The first-order valence-electron chi connectivity index (χ1n) is 4.20.